The number of fused-ring (bicyclic) bond motifs is 1. The standard InChI is InChI=1S/C9H8N4/c10-4-7(11)6-1-2-8-9(3-6)13-5-12-8/h1-3,5,7H,11H2,(H,12,13). The molecule has 0 saturated heterocycles. The average molecular weight is 172 g/mol. The summed E-state index contributed by atoms with van der Waals surface area (Å²) in [7, 11) is 0. The fourth-order valence-corrected chi connectivity index (χ4v) is 1.22. The van der Waals surface area contributed by atoms with Gasteiger partial charge >= 0.3 is 0 Å². The number of aromatic nitrogens is 2. The molecular formula is C9H8N4. The number of benzene rings is 1. The van der Waals surface area contributed by atoms with Crippen LogP contribution in [-0.4, -0.2) is 9.97 Å². The molecule has 0 aliphatic carbocycles. The smallest absolute Gasteiger partial charge is 0.118 e. The van der Waals surface area contributed by atoms with Crippen LogP contribution in [0.4, 0.5) is 0 Å². The summed E-state index contributed by atoms with van der Waals surface area (Å²) in [5.41, 5.74) is 8.15. The van der Waals surface area contributed by atoms with Gasteiger partial charge in [-0.3, -0.25) is 0 Å². The molecule has 2 rings (SSSR count). The summed E-state index contributed by atoms with van der Waals surface area (Å²) in [5.74, 6) is 0. The van der Waals surface area contributed by atoms with Crippen molar-refractivity contribution in [2.24, 2.45) is 5.73 Å². The van der Waals surface area contributed by atoms with Crippen LogP contribution in [0.5, 0.6) is 0 Å². The molecule has 1 unspecified atom stereocenters. The van der Waals surface area contributed by atoms with E-state index in [1.807, 2.05) is 24.3 Å². The summed E-state index contributed by atoms with van der Waals surface area (Å²) in [4.78, 5) is 7.03. The highest BCUT2D eigenvalue weighted by molar-refractivity contribution is 5.75. The van der Waals surface area contributed by atoms with E-state index in [-0.39, 0.29) is 0 Å². The number of nitriles is 1. The molecule has 0 aliphatic heterocycles. The topological polar surface area (TPSA) is 78.5 Å². The van der Waals surface area contributed by atoms with Gasteiger partial charge < -0.3 is 10.7 Å². The lowest BCUT2D eigenvalue weighted by Crippen LogP contribution is -2.06. The number of nitrogens with zero attached hydrogens (tertiary/aromatic N) is 2. The molecule has 1 aromatic carbocycles. The Labute approximate surface area is 75.0 Å². The summed E-state index contributed by atoms with van der Waals surface area (Å²) in [5, 5.41) is 8.61. The van der Waals surface area contributed by atoms with Gasteiger partial charge in [0.1, 0.15) is 6.04 Å². The van der Waals surface area contributed by atoms with Crippen molar-refractivity contribution in [2.75, 3.05) is 0 Å². The van der Waals surface area contributed by atoms with Crippen LogP contribution in [-0.2, 0) is 0 Å². The first-order chi connectivity index (χ1) is 6.31. The minimum absolute atomic E-state index is 0.562. The van der Waals surface area contributed by atoms with Crippen molar-refractivity contribution >= 4 is 11.0 Å². The fourth-order valence-electron chi connectivity index (χ4n) is 1.22. The monoisotopic (exact) mass is 172 g/mol. The molecule has 0 aliphatic rings. The second-order valence-corrected chi connectivity index (χ2v) is 2.79. The Hall–Kier alpha value is -1.86. The van der Waals surface area contributed by atoms with Crippen LogP contribution < -0.4 is 5.73 Å². The largest absolute Gasteiger partial charge is 0.345 e. The molecule has 1 atom stereocenters. The normalized spacial score (nSPS) is 12.6. The van der Waals surface area contributed by atoms with Gasteiger partial charge in [-0.25, -0.2) is 4.98 Å². The SMILES string of the molecule is N#CC(N)c1ccc2nc[nH]c2c1. The lowest BCUT2D eigenvalue weighted by atomic mass is 10.1. The summed E-state index contributed by atoms with van der Waals surface area (Å²) in [6.07, 6.45) is 1.62. The van der Waals surface area contributed by atoms with Crippen LogP contribution in [0.25, 0.3) is 11.0 Å². The summed E-state index contributed by atoms with van der Waals surface area (Å²) in [6.45, 7) is 0. The van der Waals surface area contributed by atoms with Crippen LogP contribution in [0.2, 0.25) is 0 Å². The van der Waals surface area contributed by atoms with Crippen molar-refractivity contribution in [1.82, 2.24) is 9.97 Å². The number of nitrogens with two attached hydrogens (primary N) is 1. The van der Waals surface area contributed by atoms with Crippen LogP contribution >= 0.6 is 0 Å². The maximum Gasteiger partial charge on any atom is 0.118 e. The summed E-state index contributed by atoms with van der Waals surface area (Å²) in [6, 6.07) is 6.92. The maximum atomic E-state index is 8.61. The van der Waals surface area contributed by atoms with E-state index in [9.17, 15) is 0 Å². The quantitative estimate of drug-likeness (QED) is 0.675. The van der Waals surface area contributed by atoms with Crippen molar-refractivity contribution in [3.8, 4) is 6.07 Å². The fraction of sp³-hybridized carbons (Fsp3) is 0.111. The summed E-state index contributed by atoms with van der Waals surface area (Å²) >= 11 is 0. The van der Waals surface area contributed by atoms with E-state index in [2.05, 4.69) is 9.97 Å². The Morgan fingerprint density at radius 3 is 3.15 bits per heavy atom. The van der Waals surface area contributed by atoms with Crippen LogP contribution in [0.15, 0.2) is 24.5 Å². The van der Waals surface area contributed by atoms with Gasteiger partial charge in [0.05, 0.1) is 23.4 Å². The van der Waals surface area contributed by atoms with Gasteiger partial charge in [0.15, 0.2) is 0 Å². The Bertz CT molecular complexity index is 466. The molecule has 13 heavy (non-hydrogen) atoms. The van der Waals surface area contributed by atoms with Crippen LogP contribution in [0.3, 0.4) is 0 Å². The molecule has 0 bridgehead atoms. The zero-order valence-electron chi connectivity index (χ0n) is 6.86. The van der Waals surface area contributed by atoms with E-state index in [0.29, 0.717) is 0 Å². The lowest BCUT2D eigenvalue weighted by Gasteiger charge is -2.01. The highest BCUT2D eigenvalue weighted by Gasteiger charge is 2.05. The zero-order chi connectivity index (χ0) is 9.26. The van der Waals surface area contributed by atoms with Gasteiger partial charge in [0, 0.05) is 0 Å². The highest BCUT2D eigenvalue weighted by atomic mass is 14.9. The second-order valence-electron chi connectivity index (χ2n) is 2.79. The number of nitrogens with one attached hydrogen (secondary N) is 1. The van der Waals surface area contributed by atoms with E-state index >= 15 is 0 Å². The molecule has 1 heterocycles. The first-order valence-electron chi connectivity index (χ1n) is 3.89. The number of imidazole rings is 1. The number of rotatable bonds is 1. The van der Waals surface area contributed by atoms with Gasteiger partial charge in [-0.2, -0.15) is 5.26 Å². The number of H-pyrrole nitrogens is 1. The van der Waals surface area contributed by atoms with Crippen molar-refractivity contribution in [3.63, 3.8) is 0 Å². The predicted octanol–water partition coefficient (Wildman–Crippen LogP) is 1.09. The van der Waals surface area contributed by atoms with Gasteiger partial charge in [-0.05, 0) is 17.7 Å². The molecule has 0 fully saturated rings. The van der Waals surface area contributed by atoms with Crippen molar-refractivity contribution < 1.29 is 0 Å². The molecule has 4 nitrogen and oxygen atoms in total. The first-order valence-corrected chi connectivity index (χ1v) is 3.89. The molecule has 0 spiro atoms. The molecule has 64 valence electrons. The van der Waals surface area contributed by atoms with E-state index in [1.54, 1.807) is 6.33 Å². The molecule has 2 aromatic rings. The number of hydrogen-bond donors (Lipinski definition) is 2. The molecule has 0 saturated carbocycles. The van der Waals surface area contributed by atoms with Gasteiger partial charge in [0.25, 0.3) is 0 Å². The minimum Gasteiger partial charge on any atom is -0.345 e. The van der Waals surface area contributed by atoms with Crippen molar-refractivity contribution in [3.05, 3.63) is 30.1 Å². The summed E-state index contributed by atoms with van der Waals surface area (Å²) < 4.78 is 0. The van der Waals surface area contributed by atoms with E-state index in [0.717, 1.165) is 16.6 Å². The lowest BCUT2D eigenvalue weighted by molar-refractivity contribution is 0.928. The van der Waals surface area contributed by atoms with Crippen LogP contribution in [0.1, 0.15) is 11.6 Å². The minimum atomic E-state index is -0.562. The second kappa shape index (κ2) is 2.88. The van der Waals surface area contributed by atoms with Crippen molar-refractivity contribution in [2.45, 2.75) is 6.04 Å². The molecule has 0 amide bonds. The third-order valence-electron chi connectivity index (χ3n) is 1.94. The molecular weight excluding hydrogens is 164 g/mol. The Morgan fingerprint density at radius 2 is 2.38 bits per heavy atom. The van der Waals surface area contributed by atoms with Gasteiger partial charge in [-0.15, -0.1) is 0 Å². The predicted molar refractivity (Wildman–Crippen MR) is 48.6 cm³/mol. The van der Waals surface area contributed by atoms with E-state index in [4.69, 9.17) is 11.0 Å². The highest BCUT2D eigenvalue weighted by Crippen LogP contribution is 2.15. The molecule has 3 N–H and O–H groups in total. The van der Waals surface area contributed by atoms with Crippen LogP contribution in [0, 0.1) is 11.3 Å². The van der Waals surface area contributed by atoms with E-state index in [1.165, 1.54) is 0 Å². The Morgan fingerprint density at radius 1 is 1.54 bits per heavy atom. The maximum absolute atomic E-state index is 8.61. The average Bonchev–Trinajstić information content (AvgIpc) is 2.63. The zero-order valence-corrected chi connectivity index (χ0v) is 6.86. The third-order valence-corrected chi connectivity index (χ3v) is 1.94. The molecule has 4 heteroatoms. The van der Waals surface area contributed by atoms with Gasteiger partial charge in [0.2, 0.25) is 0 Å². The molecule has 1 aromatic heterocycles. The van der Waals surface area contributed by atoms with Gasteiger partial charge in [-0.1, -0.05) is 6.07 Å². The van der Waals surface area contributed by atoms with Crippen molar-refractivity contribution in [1.29, 1.82) is 5.26 Å². The Balaban J connectivity index is 2.55. The van der Waals surface area contributed by atoms with E-state index < -0.39 is 6.04 Å². The Kier molecular flexibility index (Phi) is 1.72. The first kappa shape index (κ1) is 7.77. The number of hydrogen-bond acceptors (Lipinski definition) is 3. The number of aromatic amines is 1. The molecule has 0 radical (unpaired) electrons. The third kappa shape index (κ3) is 1.25.